The third-order valence-electron chi connectivity index (χ3n) is 6.66. The van der Waals surface area contributed by atoms with Crippen LogP contribution in [0.4, 0.5) is 5.69 Å². The lowest BCUT2D eigenvalue weighted by Gasteiger charge is -2.37. The summed E-state index contributed by atoms with van der Waals surface area (Å²) in [5, 5.41) is 5.70. The quantitative estimate of drug-likeness (QED) is 0.408. The third-order valence-corrected chi connectivity index (χ3v) is 6.66. The standard InChI is InChI=1S/C28H31N5O3/c1-19-18-25(29-27-26(19)20(2)30-33(27)23-8-6-5-7-9-23)36-21(3)28(34)32-16-14-31(15-17-32)22-10-12-24(35-4)13-11-22/h5-13,18,21H,14-17H2,1-4H3. The molecule has 1 atom stereocenters. The Bertz CT molecular complexity index is 1360. The Hall–Kier alpha value is -4.07. The monoisotopic (exact) mass is 485 g/mol. The Balaban J connectivity index is 1.28. The summed E-state index contributed by atoms with van der Waals surface area (Å²) < 4.78 is 13.2. The van der Waals surface area contributed by atoms with Crippen molar-refractivity contribution in [3.8, 4) is 17.3 Å². The molecular weight excluding hydrogens is 454 g/mol. The number of carbonyl (C=O) groups excluding carboxylic acids is 1. The number of para-hydroxylation sites is 1. The number of methoxy groups -OCH3 is 1. The zero-order valence-electron chi connectivity index (χ0n) is 21.1. The topological polar surface area (TPSA) is 72.7 Å². The van der Waals surface area contributed by atoms with E-state index in [1.807, 2.05) is 84.1 Å². The number of hydrogen-bond donors (Lipinski definition) is 0. The highest BCUT2D eigenvalue weighted by atomic mass is 16.5. The summed E-state index contributed by atoms with van der Waals surface area (Å²) in [5.41, 5.74) is 4.71. The first-order chi connectivity index (χ1) is 17.4. The first-order valence-corrected chi connectivity index (χ1v) is 12.2. The maximum Gasteiger partial charge on any atom is 0.263 e. The molecule has 4 aromatic rings. The maximum atomic E-state index is 13.2. The van der Waals surface area contributed by atoms with E-state index in [1.165, 1.54) is 0 Å². The summed E-state index contributed by atoms with van der Waals surface area (Å²) in [6.45, 7) is 8.61. The molecule has 2 aromatic carbocycles. The fraction of sp³-hybridized carbons (Fsp3) is 0.321. The Morgan fingerprint density at radius 3 is 2.31 bits per heavy atom. The number of hydrogen-bond acceptors (Lipinski definition) is 6. The summed E-state index contributed by atoms with van der Waals surface area (Å²) in [7, 11) is 1.66. The second-order valence-corrected chi connectivity index (χ2v) is 9.08. The van der Waals surface area contributed by atoms with Crippen molar-refractivity contribution in [2.75, 3.05) is 38.2 Å². The van der Waals surface area contributed by atoms with Gasteiger partial charge in [0.25, 0.3) is 5.91 Å². The number of nitrogens with zero attached hydrogens (tertiary/aromatic N) is 5. The second-order valence-electron chi connectivity index (χ2n) is 9.08. The summed E-state index contributed by atoms with van der Waals surface area (Å²) in [6, 6.07) is 19.8. The van der Waals surface area contributed by atoms with Gasteiger partial charge in [0, 0.05) is 43.3 Å². The van der Waals surface area contributed by atoms with Gasteiger partial charge in [-0.05, 0) is 62.7 Å². The molecule has 0 N–H and O–H groups in total. The zero-order chi connectivity index (χ0) is 25.2. The van der Waals surface area contributed by atoms with E-state index in [0.29, 0.717) is 19.0 Å². The van der Waals surface area contributed by atoms with Gasteiger partial charge in [0.05, 0.1) is 18.5 Å². The molecule has 5 rings (SSSR count). The van der Waals surface area contributed by atoms with Crippen LogP contribution in [0.25, 0.3) is 16.7 Å². The van der Waals surface area contributed by atoms with Crippen molar-refractivity contribution in [2.24, 2.45) is 0 Å². The van der Waals surface area contributed by atoms with E-state index < -0.39 is 6.10 Å². The lowest BCUT2D eigenvalue weighted by atomic mass is 10.1. The molecule has 0 aliphatic carbocycles. The van der Waals surface area contributed by atoms with Gasteiger partial charge < -0.3 is 19.3 Å². The van der Waals surface area contributed by atoms with Gasteiger partial charge in [-0.1, -0.05) is 18.2 Å². The normalized spacial score (nSPS) is 14.7. The summed E-state index contributed by atoms with van der Waals surface area (Å²) in [5.74, 6) is 1.23. The molecule has 8 heteroatoms. The molecule has 1 saturated heterocycles. The fourth-order valence-electron chi connectivity index (χ4n) is 4.75. The van der Waals surface area contributed by atoms with Crippen LogP contribution in [0, 0.1) is 13.8 Å². The first-order valence-electron chi connectivity index (χ1n) is 12.2. The first kappa shape index (κ1) is 23.7. The molecule has 0 spiro atoms. The van der Waals surface area contributed by atoms with Crippen molar-refractivity contribution >= 4 is 22.6 Å². The average molecular weight is 486 g/mol. The van der Waals surface area contributed by atoms with Crippen LogP contribution in [0.15, 0.2) is 60.7 Å². The molecule has 2 aromatic heterocycles. The number of piperazine rings is 1. The van der Waals surface area contributed by atoms with Gasteiger partial charge in [0.1, 0.15) is 5.75 Å². The lowest BCUT2D eigenvalue weighted by molar-refractivity contribution is -0.138. The van der Waals surface area contributed by atoms with Gasteiger partial charge in [0.15, 0.2) is 11.8 Å². The average Bonchev–Trinajstić information content (AvgIpc) is 3.25. The minimum Gasteiger partial charge on any atom is -0.497 e. The molecular formula is C28H31N5O3. The number of aryl methyl sites for hydroxylation is 2. The van der Waals surface area contributed by atoms with Crippen LogP contribution >= 0.6 is 0 Å². The number of fused-ring (bicyclic) bond motifs is 1. The van der Waals surface area contributed by atoms with E-state index in [2.05, 4.69) is 4.90 Å². The van der Waals surface area contributed by atoms with Crippen molar-refractivity contribution in [3.05, 3.63) is 71.9 Å². The highest BCUT2D eigenvalue weighted by Gasteiger charge is 2.27. The van der Waals surface area contributed by atoms with Gasteiger partial charge in [-0.25, -0.2) is 4.68 Å². The molecule has 3 heterocycles. The molecule has 8 nitrogen and oxygen atoms in total. The SMILES string of the molecule is COc1ccc(N2CCN(C(=O)C(C)Oc3cc(C)c4c(C)nn(-c5ccccc5)c4n3)CC2)cc1. The largest absolute Gasteiger partial charge is 0.497 e. The maximum absolute atomic E-state index is 13.2. The van der Waals surface area contributed by atoms with E-state index in [4.69, 9.17) is 19.6 Å². The molecule has 1 aliphatic rings. The zero-order valence-corrected chi connectivity index (χ0v) is 21.1. The third kappa shape index (κ3) is 4.58. The van der Waals surface area contributed by atoms with E-state index in [0.717, 1.165) is 52.5 Å². The van der Waals surface area contributed by atoms with Gasteiger partial charge in [-0.2, -0.15) is 10.1 Å². The van der Waals surface area contributed by atoms with E-state index in [1.54, 1.807) is 14.0 Å². The number of aromatic nitrogens is 3. The molecule has 0 radical (unpaired) electrons. The van der Waals surface area contributed by atoms with Crippen molar-refractivity contribution in [1.82, 2.24) is 19.7 Å². The number of ether oxygens (including phenoxy) is 2. The molecule has 1 amide bonds. The molecule has 1 fully saturated rings. The van der Waals surface area contributed by atoms with Gasteiger partial charge in [-0.3, -0.25) is 4.79 Å². The fourth-order valence-corrected chi connectivity index (χ4v) is 4.75. The van der Waals surface area contributed by atoms with Crippen LogP contribution in [0.2, 0.25) is 0 Å². The molecule has 1 aliphatic heterocycles. The van der Waals surface area contributed by atoms with Crippen molar-refractivity contribution in [3.63, 3.8) is 0 Å². The van der Waals surface area contributed by atoms with E-state index >= 15 is 0 Å². The van der Waals surface area contributed by atoms with E-state index in [9.17, 15) is 4.79 Å². The number of benzene rings is 2. The van der Waals surface area contributed by atoms with Gasteiger partial charge >= 0.3 is 0 Å². The van der Waals surface area contributed by atoms with Gasteiger partial charge in [-0.15, -0.1) is 0 Å². The number of anilines is 1. The Kier molecular flexibility index (Phi) is 6.50. The number of rotatable bonds is 6. The molecule has 0 bridgehead atoms. The van der Waals surface area contributed by atoms with Crippen molar-refractivity contribution < 1.29 is 14.3 Å². The lowest BCUT2D eigenvalue weighted by Crippen LogP contribution is -2.52. The predicted molar refractivity (Wildman–Crippen MR) is 140 cm³/mol. The molecule has 0 saturated carbocycles. The van der Waals surface area contributed by atoms with Crippen molar-refractivity contribution in [1.29, 1.82) is 0 Å². The highest BCUT2D eigenvalue weighted by molar-refractivity contribution is 5.84. The van der Waals surface area contributed by atoms with Crippen LogP contribution in [-0.4, -0.2) is 65.0 Å². The highest BCUT2D eigenvalue weighted by Crippen LogP contribution is 2.27. The molecule has 186 valence electrons. The minimum absolute atomic E-state index is 0.0309. The van der Waals surface area contributed by atoms with Crippen molar-refractivity contribution in [2.45, 2.75) is 26.9 Å². The van der Waals surface area contributed by atoms with Crippen LogP contribution in [0.3, 0.4) is 0 Å². The molecule has 36 heavy (non-hydrogen) atoms. The Morgan fingerprint density at radius 2 is 1.64 bits per heavy atom. The second kappa shape index (κ2) is 9.89. The molecule has 1 unspecified atom stereocenters. The Morgan fingerprint density at radius 1 is 0.944 bits per heavy atom. The summed E-state index contributed by atoms with van der Waals surface area (Å²) in [4.78, 5) is 22.1. The summed E-state index contributed by atoms with van der Waals surface area (Å²) >= 11 is 0. The number of pyridine rings is 1. The van der Waals surface area contributed by atoms with Crippen LogP contribution in [0.5, 0.6) is 11.6 Å². The van der Waals surface area contributed by atoms with E-state index in [-0.39, 0.29) is 5.91 Å². The van der Waals surface area contributed by atoms with Crippen LogP contribution < -0.4 is 14.4 Å². The predicted octanol–water partition coefficient (Wildman–Crippen LogP) is 4.16. The smallest absolute Gasteiger partial charge is 0.263 e. The number of amides is 1. The minimum atomic E-state index is -0.643. The summed E-state index contributed by atoms with van der Waals surface area (Å²) in [6.07, 6.45) is -0.643. The van der Waals surface area contributed by atoms with Crippen LogP contribution in [0.1, 0.15) is 18.2 Å². The Labute approximate surface area is 211 Å². The number of carbonyl (C=O) groups is 1. The van der Waals surface area contributed by atoms with Crippen LogP contribution in [-0.2, 0) is 4.79 Å². The van der Waals surface area contributed by atoms with Gasteiger partial charge in [0.2, 0.25) is 5.88 Å².